The summed E-state index contributed by atoms with van der Waals surface area (Å²) in [5.41, 5.74) is 1.90. The molecule has 0 unspecified atom stereocenters. The first-order valence-electron chi connectivity index (χ1n) is 6.51. The smallest absolute Gasteiger partial charge is 0.0992 e. The largest absolute Gasteiger partial charge is 0.375 e. The van der Waals surface area contributed by atoms with Crippen LogP contribution >= 0.6 is 0 Å². The number of rotatable bonds is 4. The Hall–Kier alpha value is -1.49. The van der Waals surface area contributed by atoms with E-state index >= 15 is 0 Å². The van der Waals surface area contributed by atoms with Crippen molar-refractivity contribution in [2.45, 2.75) is 32.1 Å². The summed E-state index contributed by atoms with van der Waals surface area (Å²) in [5.74, 6) is 0.927. The highest BCUT2D eigenvalue weighted by molar-refractivity contribution is 5.50. The zero-order valence-corrected chi connectivity index (χ0v) is 10.5. The molecule has 1 aliphatic rings. The maximum absolute atomic E-state index is 8.88. The molecule has 1 aromatic rings. The molecule has 90 valence electrons. The SMILES string of the molecule is CN(CCC1CCCC1)c1cccc(C#N)c1. The average molecular weight is 228 g/mol. The number of nitrogens with zero attached hydrogens (tertiary/aromatic N) is 2. The van der Waals surface area contributed by atoms with Gasteiger partial charge in [0.2, 0.25) is 0 Å². The Morgan fingerprint density at radius 3 is 2.82 bits per heavy atom. The lowest BCUT2D eigenvalue weighted by atomic mass is 10.0. The van der Waals surface area contributed by atoms with Crippen molar-refractivity contribution in [2.24, 2.45) is 5.92 Å². The van der Waals surface area contributed by atoms with Crippen molar-refractivity contribution in [3.63, 3.8) is 0 Å². The summed E-state index contributed by atoms with van der Waals surface area (Å²) in [6.45, 7) is 1.10. The molecule has 0 amide bonds. The van der Waals surface area contributed by atoms with Crippen LogP contribution in [0.5, 0.6) is 0 Å². The predicted molar refractivity (Wildman–Crippen MR) is 71.0 cm³/mol. The number of hydrogen-bond donors (Lipinski definition) is 0. The van der Waals surface area contributed by atoms with Gasteiger partial charge < -0.3 is 4.90 Å². The Balaban J connectivity index is 1.89. The first-order chi connectivity index (χ1) is 8.29. The molecule has 0 radical (unpaired) electrons. The van der Waals surface area contributed by atoms with E-state index in [2.05, 4.69) is 24.1 Å². The molecule has 1 fully saturated rings. The number of hydrogen-bond acceptors (Lipinski definition) is 2. The Bertz CT molecular complexity index is 400. The van der Waals surface area contributed by atoms with Crippen molar-refractivity contribution < 1.29 is 0 Å². The summed E-state index contributed by atoms with van der Waals surface area (Å²) < 4.78 is 0. The van der Waals surface area contributed by atoms with Crippen LogP contribution in [0.1, 0.15) is 37.7 Å². The van der Waals surface area contributed by atoms with Gasteiger partial charge in [0, 0.05) is 19.3 Å². The molecule has 0 spiro atoms. The van der Waals surface area contributed by atoms with Crippen LogP contribution in [0.15, 0.2) is 24.3 Å². The van der Waals surface area contributed by atoms with E-state index in [0.717, 1.165) is 23.7 Å². The lowest BCUT2D eigenvalue weighted by Gasteiger charge is -2.21. The van der Waals surface area contributed by atoms with Crippen molar-refractivity contribution in [1.82, 2.24) is 0 Å². The highest BCUT2D eigenvalue weighted by Gasteiger charge is 2.15. The van der Waals surface area contributed by atoms with Crippen molar-refractivity contribution >= 4 is 5.69 Å². The Kier molecular flexibility index (Phi) is 4.03. The maximum Gasteiger partial charge on any atom is 0.0992 e. The van der Waals surface area contributed by atoms with Crippen LogP contribution in [-0.2, 0) is 0 Å². The van der Waals surface area contributed by atoms with Gasteiger partial charge in [-0.3, -0.25) is 0 Å². The van der Waals surface area contributed by atoms with E-state index in [4.69, 9.17) is 5.26 Å². The molecular weight excluding hydrogens is 208 g/mol. The van der Waals surface area contributed by atoms with E-state index in [1.165, 1.54) is 32.1 Å². The monoisotopic (exact) mass is 228 g/mol. The molecule has 1 aliphatic carbocycles. The fourth-order valence-electron chi connectivity index (χ4n) is 2.62. The molecule has 0 saturated heterocycles. The summed E-state index contributed by atoms with van der Waals surface area (Å²) >= 11 is 0. The normalized spacial score (nSPS) is 15.8. The molecule has 0 N–H and O–H groups in total. The zero-order valence-electron chi connectivity index (χ0n) is 10.5. The van der Waals surface area contributed by atoms with E-state index in [9.17, 15) is 0 Å². The third-order valence-electron chi connectivity index (χ3n) is 3.76. The van der Waals surface area contributed by atoms with Crippen LogP contribution in [0.3, 0.4) is 0 Å². The van der Waals surface area contributed by atoms with Crippen LogP contribution in [-0.4, -0.2) is 13.6 Å². The van der Waals surface area contributed by atoms with Crippen molar-refractivity contribution in [2.75, 3.05) is 18.5 Å². The van der Waals surface area contributed by atoms with Crippen LogP contribution < -0.4 is 4.90 Å². The van der Waals surface area contributed by atoms with Crippen LogP contribution in [0.2, 0.25) is 0 Å². The van der Waals surface area contributed by atoms with Gasteiger partial charge >= 0.3 is 0 Å². The highest BCUT2D eigenvalue weighted by Crippen LogP contribution is 2.28. The zero-order chi connectivity index (χ0) is 12.1. The molecule has 17 heavy (non-hydrogen) atoms. The third-order valence-corrected chi connectivity index (χ3v) is 3.76. The molecule has 2 rings (SSSR count). The molecule has 0 aromatic heterocycles. The van der Waals surface area contributed by atoms with Gasteiger partial charge in [-0.2, -0.15) is 5.26 Å². The topological polar surface area (TPSA) is 27.0 Å². The van der Waals surface area contributed by atoms with E-state index in [0.29, 0.717) is 0 Å². The van der Waals surface area contributed by atoms with Crippen LogP contribution in [0, 0.1) is 17.2 Å². The second kappa shape index (κ2) is 5.72. The van der Waals surface area contributed by atoms with Gasteiger partial charge in [0.15, 0.2) is 0 Å². The number of anilines is 1. The molecular formula is C15H20N2. The maximum atomic E-state index is 8.88. The Morgan fingerprint density at radius 1 is 1.35 bits per heavy atom. The van der Waals surface area contributed by atoms with E-state index in [1.807, 2.05) is 18.2 Å². The fourth-order valence-corrected chi connectivity index (χ4v) is 2.62. The van der Waals surface area contributed by atoms with Gasteiger partial charge in [-0.05, 0) is 30.5 Å². The quantitative estimate of drug-likeness (QED) is 0.787. The second-order valence-electron chi connectivity index (χ2n) is 5.02. The van der Waals surface area contributed by atoms with Crippen molar-refractivity contribution in [1.29, 1.82) is 5.26 Å². The molecule has 0 aliphatic heterocycles. The Morgan fingerprint density at radius 2 is 2.12 bits per heavy atom. The fraction of sp³-hybridized carbons (Fsp3) is 0.533. The van der Waals surface area contributed by atoms with Gasteiger partial charge in [-0.1, -0.05) is 31.7 Å². The van der Waals surface area contributed by atoms with Gasteiger partial charge in [-0.25, -0.2) is 0 Å². The van der Waals surface area contributed by atoms with Crippen molar-refractivity contribution in [3.8, 4) is 6.07 Å². The number of nitriles is 1. The van der Waals surface area contributed by atoms with E-state index < -0.39 is 0 Å². The summed E-state index contributed by atoms with van der Waals surface area (Å²) in [6.07, 6.45) is 6.93. The van der Waals surface area contributed by atoms with Gasteiger partial charge in [0.1, 0.15) is 0 Å². The minimum atomic E-state index is 0.746. The Labute approximate surface area is 104 Å². The third kappa shape index (κ3) is 3.23. The second-order valence-corrected chi connectivity index (χ2v) is 5.02. The summed E-state index contributed by atoms with van der Waals surface area (Å²) in [4.78, 5) is 2.26. The standard InChI is InChI=1S/C15H20N2/c1-17(10-9-13-5-2-3-6-13)15-8-4-7-14(11-15)12-16/h4,7-8,11,13H,2-3,5-6,9-10H2,1H3. The van der Waals surface area contributed by atoms with Crippen molar-refractivity contribution in [3.05, 3.63) is 29.8 Å². The molecule has 0 bridgehead atoms. The average Bonchev–Trinajstić information content (AvgIpc) is 2.89. The summed E-state index contributed by atoms with van der Waals surface area (Å²) in [7, 11) is 2.12. The van der Waals surface area contributed by atoms with E-state index in [-0.39, 0.29) is 0 Å². The molecule has 1 aromatic carbocycles. The summed E-state index contributed by atoms with van der Waals surface area (Å²) in [6, 6.07) is 10.1. The molecule has 0 atom stereocenters. The lowest BCUT2D eigenvalue weighted by Crippen LogP contribution is -2.20. The van der Waals surface area contributed by atoms with E-state index in [1.54, 1.807) is 0 Å². The first-order valence-corrected chi connectivity index (χ1v) is 6.51. The summed E-state index contributed by atoms with van der Waals surface area (Å²) in [5, 5.41) is 8.88. The highest BCUT2D eigenvalue weighted by atomic mass is 15.1. The first kappa shape index (κ1) is 12.0. The van der Waals surface area contributed by atoms with Crippen LogP contribution in [0.4, 0.5) is 5.69 Å². The lowest BCUT2D eigenvalue weighted by molar-refractivity contribution is 0.505. The van der Waals surface area contributed by atoms with Gasteiger partial charge in [0.25, 0.3) is 0 Å². The minimum Gasteiger partial charge on any atom is -0.375 e. The minimum absolute atomic E-state index is 0.746. The molecule has 0 heterocycles. The molecule has 2 heteroatoms. The number of benzene rings is 1. The molecule has 1 saturated carbocycles. The van der Waals surface area contributed by atoms with Gasteiger partial charge in [0.05, 0.1) is 11.6 Å². The van der Waals surface area contributed by atoms with Crippen LogP contribution in [0.25, 0.3) is 0 Å². The van der Waals surface area contributed by atoms with Gasteiger partial charge in [-0.15, -0.1) is 0 Å². The molecule has 2 nitrogen and oxygen atoms in total. The predicted octanol–water partition coefficient (Wildman–Crippen LogP) is 3.57.